The lowest BCUT2D eigenvalue weighted by atomic mass is 10.00. The summed E-state index contributed by atoms with van der Waals surface area (Å²) in [7, 11) is -2.56. The van der Waals surface area contributed by atoms with Gasteiger partial charge in [0.15, 0.2) is 0 Å². The molecular weight excluding hydrogens is 523 g/mol. The standard InChI is InChI=1S/C27H26ClFO5S2/c1-5-6-21-15-20(19-7-10-22(29)11-8-19)9-12-24(21)33-17(3)27(36(31)32)35-25-14-13-23(34-18(4)30)16(2)26(25)28/h7-15,17H,5-6H2,1-4H3. The van der Waals surface area contributed by atoms with Gasteiger partial charge >= 0.3 is 5.97 Å². The first-order valence-electron chi connectivity index (χ1n) is 11.3. The van der Waals surface area contributed by atoms with E-state index in [1.165, 1.54) is 19.1 Å². The van der Waals surface area contributed by atoms with Crippen molar-refractivity contribution >= 4 is 43.8 Å². The van der Waals surface area contributed by atoms with Crippen LogP contribution in [0.2, 0.25) is 5.02 Å². The summed E-state index contributed by atoms with van der Waals surface area (Å²) in [4.78, 5) is 11.8. The second-order valence-electron chi connectivity index (χ2n) is 8.09. The summed E-state index contributed by atoms with van der Waals surface area (Å²) in [5, 5.41) is 0.296. The molecule has 9 heteroatoms. The molecule has 0 saturated heterocycles. The molecular formula is C27H26ClFO5S2. The Morgan fingerprint density at radius 1 is 1.06 bits per heavy atom. The Morgan fingerprint density at radius 2 is 1.69 bits per heavy atom. The molecule has 1 atom stereocenters. The van der Waals surface area contributed by atoms with E-state index >= 15 is 0 Å². The van der Waals surface area contributed by atoms with Crippen molar-refractivity contribution in [3.05, 3.63) is 76.6 Å². The highest BCUT2D eigenvalue weighted by molar-refractivity contribution is 8.22. The fourth-order valence-electron chi connectivity index (χ4n) is 3.57. The van der Waals surface area contributed by atoms with Crippen molar-refractivity contribution < 1.29 is 27.1 Å². The van der Waals surface area contributed by atoms with Crippen molar-refractivity contribution in [1.82, 2.24) is 0 Å². The zero-order valence-electron chi connectivity index (χ0n) is 20.3. The Morgan fingerprint density at radius 3 is 2.31 bits per heavy atom. The molecule has 36 heavy (non-hydrogen) atoms. The van der Waals surface area contributed by atoms with Crippen molar-refractivity contribution in [2.45, 2.75) is 51.5 Å². The Labute approximate surface area is 221 Å². The minimum Gasteiger partial charge on any atom is -0.484 e. The van der Waals surface area contributed by atoms with Gasteiger partial charge in [-0.2, -0.15) is 8.42 Å². The largest absolute Gasteiger partial charge is 0.484 e. The predicted octanol–water partition coefficient (Wildman–Crippen LogP) is 6.90. The normalized spacial score (nSPS) is 11.6. The molecule has 1 unspecified atom stereocenters. The zero-order valence-corrected chi connectivity index (χ0v) is 22.7. The van der Waals surface area contributed by atoms with E-state index < -0.39 is 22.4 Å². The van der Waals surface area contributed by atoms with Crippen LogP contribution in [0.5, 0.6) is 11.5 Å². The van der Waals surface area contributed by atoms with E-state index in [1.54, 1.807) is 44.2 Å². The van der Waals surface area contributed by atoms with Gasteiger partial charge in [0.05, 0.1) is 5.02 Å². The molecule has 0 radical (unpaired) electrons. The van der Waals surface area contributed by atoms with Crippen LogP contribution in [0.3, 0.4) is 0 Å². The summed E-state index contributed by atoms with van der Waals surface area (Å²) >= 11 is 7.44. The fraction of sp³-hybridized carbons (Fsp3) is 0.259. The van der Waals surface area contributed by atoms with Gasteiger partial charge in [0.2, 0.25) is 10.3 Å². The highest BCUT2D eigenvalue weighted by Crippen LogP contribution is 2.37. The van der Waals surface area contributed by atoms with E-state index in [9.17, 15) is 17.6 Å². The quantitative estimate of drug-likeness (QED) is 0.132. The van der Waals surface area contributed by atoms with Crippen LogP contribution in [0.15, 0.2) is 59.5 Å². The maximum absolute atomic E-state index is 13.3. The third-order valence-corrected chi connectivity index (χ3v) is 8.33. The van der Waals surface area contributed by atoms with Gasteiger partial charge in [-0.05, 0) is 73.4 Å². The van der Waals surface area contributed by atoms with Gasteiger partial charge in [-0.15, -0.1) is 0 Å². The van der Waals surface area contributed by atoms with Gasteiger partial charge in [-0.1, -0.05) is 54.9 Å². The number of aryl methyl sites for hydroxylation is 1. The Bertz CT molecular complexity index is 1390. The van der Waals surface area contributed by atoms with Crippen molar-refractivity contribution in [2.75, 3.05) is 0 Å². The number of carbonyl (C=O) groups is 1. The third-order valence-electron chi connectivity index (χ3n) is 5.32. The third kappa shape index (κ3) is 6.90. The number of halogens is 2. The van der Waals surface area contributed by atoms with Crippen LogP contribution in [0.1, 0.15) is 38.3 Å². The molecule has 0 aliphatic carbocycles. The van der Waals surface area contributed by atoms with Gasteiger partial charge in [0.1, 0.15) is 27.6 Å². The number of thioether (sulfide) groups is 1. The van der Waals surface area contributed by atoms with Gasteiger partial charge in [0.25, 0.3) is 0 Å². The summed E-state index contributed by atoms with van der Waals surface area (Å²) in [5.41, 5.74) is 3.24. The molecule has 0 aromatic heterocycles. The van der Waals surface area contributed by atoms with E-state index in [0.717, 1.165) is 41.3 Å². The predicted molar refractivity (Wildman–Crippen MR) is 143 cm³/mol. The van der Waals surface area contributed by atoms with Crippen LogP contribution >= 0.6 is 23.4 Å². The van der Waals surface area contributed by atoms with Crippen molar-refractivity contribution in [3.63, 3.8) is 0 Å². The molecule has 3 rings (SSSR count). The molecule has 0 aliphatic rings. The Hall–Kier alpha value is -2.81. The van der Waals surface area contributed by atoms with E-state index in [2.05, 4.69) is 0 Å². The molecule has 3 aromatic carbocycles. The SMILES string of the molecule is CCCc1cc(-c2ccc(F)cc2)ccc1OC(C)C(Sc1ccc(OC(C)=O)c(C)c1Cl)=S(=O)=O. The highest BCUT2D eigenvalue weighted by Gasteiger charge is 2.21. The average Bonchev–Trinajstić information content (AvgIpc) is 2.83. The second-order valence-corrected chi connectivity index (χ2v) is 10.7. The van der Waals surface area contributed by atoms with Crippen molar-refractivity contribution in [3.8, 4) is 22.6 Å². The first-order chi connectivity index (χ1) is 17.1. The first kappa shape index (κ1) is 27.8. The van der Waals surface area contributed by atoms with Crippen LogP contribution in [0.4, 0.5) is 4.39 Å². The number of benzene rings is 3. The van der Waals surface area contributed by atoms with Crippen LogP contribution in [0.25, 0.3) is 11.1 Å². The fourth-order valence-corrected chi connectivity index (χ4v) is 5.51. The Balaban J connectivity index is 1.87. The molecule has 190 valence electrons. The molecule has 0 bridgehead atoms. The lowest BCUT2D eigenvalue weighted by Crippen LogP contribution is -2.22. The maximum Gasteiger partial charge on any atom is 0.308 e. The van der Waals surface area contributed by atoms with Gasteiger partial charge < -0.3 is 9.47 Å². The minimum absolute atomic E-state index is 0.0570. The maximum atomic E-state index is 13.3. The van der Waals surface area contributed by atoms with Crippen LogP contribution in [-0.2, 0) is 21.5 Å². The lowest BCUT2D eigenvalue weighted by Gasteiger charge is -2.19. The summed E-state index contributed by atoms with van der Waals surface area (Å²) in [6, 6.07) is 15.1. The number of hydrogen-bond donors (Lipinski definition) is 0. The molecule has 0 amide bonds. The smallest absolute Gasteiger partial charge is 0.308 e. The van der Waals surface area contributed by atoms with Gasteiger partial charge in [0, 0.05) is 17.4 Å². The van der Waals surface area contributed by atoms with E-state index in [0.29, 0.717) is 27.0 Å². The average molecular weight is 549 g/mol. The van der Waals surface area contributed by atoms with E-state index in [1.807, 2.05) is 19.1 Å². The molecule has 0 heterocycles. The summed E-state index contributed by atoms with van der Waals surface area (Å²) < 4.78 is 48.9. The minimum atomic E-state index is -2.56. The van der Waals surface area contributed by atoms with Crippen molar-refractivity contribution in [1.29, 1.82) is 0 Å². The molecule has 0 N–H and O–H groups in total. The zero-order chi connectivity index (χ0) is 26.4. The molecule has 0 spiro atoms. The Kier molecular flexibility index (Phi) is 9.59. The first-order valence-corrected chi connectivity index (χ1v) is 13.5. The van der Waals surface area contributed by atoms with Crippen LogP contribution < -0.4 is 9.47 Å². The van der Waals surface area contributed by atoms with Gasteiger partial charge in [-0.3, -0.25) is 4.79 Å². The number of esters is 1. The summed E-state index contributed by atoms with van der Waals surface area (Å²) in [6.45, 7) is 6.69. The van der Waals surface area contributed by atoms with E-state index in [-0.39, 0.29) is 10.0 Å². The molecule has 0 aliphatic heterocycles. The number of ether oxygens (including phenoxy) is 2. The summed E-state index contributed by atoms with van der Waals surface area (Å²) in [6.07, 6.45) is 0.799. The summed E-state index contributed by atoms with van der Waals surface area (Å²) in [5.74, 6) is 0.115. The molecule has 0 fully saturated rings. The van der Waals surface area contributed by atoms with Gasteiger partial charge in [-0.25, -0.2) is 4.39 Å². The van der Waals surface area contributed by atoms with Crippen molar-refractivity contribution in [2.24, 2.45) is 0 Å². The van der Waals surface area contributed by atoms with Crippen LogP contribution in [-0.4, -0.2) is 24.7 Å². The molecule has 3 aromatic rings. The number of rotatable bonds is 8. The lowest BCUT2D eigenvalue weighted by molar-refractivity contribution is -0.131. The number of carbonyl (C=O) groups excluding carboxylic acids is 1. The van der Waals surface area contributed by atoms with Crippen LogP contribution in [0, 0.1) is 12.7 Å². The second kappa shape index (κ2) is 12.4. The van der Waals surface area contributed by atoms with E-state index in [4.69, 9.17) is 21.1 Å². The highest BCUT2D eigenvalue weighted by atomic mass is 35.5. The molecule has 0 saturated carbocycles. The topological polar surface area (TPSA) is 69.7 Å². The monoisotopic (exact) mass is 548 g/mol. The number of hydrogen-bond acceptors (Lipinski definition) is 6. The molecule has 5 nitrogen and oxygen atoms in total.